The largest absolute Gasteiger partial charge is 0.480 e. The van der Waals surface area contributed by atoms with Crippen LogP contribution in [-0.2, 0) is 4.79 Å². The Morgan fingerprint density at radius 3 is 2.94 bits per heavy atom. The molecule has 16 heavy (non-hydrogen) atoms. The summed E-state index contributed by atoms with van der Waals surface area (Å²) in [4.78, 5) is 21.7. The minimum Gasteiger partial charge on any atom is -0.480 e. The Morgan fingerprint density at radius 1 is 1.50 bits per heavy atom. The quantitative estimate of drug-likeness (QED) is 0.876. The predicted molar refractivity (Wildman–Crippen MR) is 63.1 cm³/mol. The number of anilines is 1. The van der Waals surface area contributed by atoms with E-state index in [9.17, 15) is 4.79 Å². The fourth-order valence-corrected chi connectivity index (χ4v) is 2.19. The van der Waals surface area contributed by atoms with Crippen LogP contribution in [-0.4, -0.2) is 34.6 Å². The number of thiazole rings is 1. The monoisotopic (exact) mass is 237 g/mol. The zero-order chi connectivity index (χ0) is 11.7. The van der Waals surface area contributed by atoms with Gasteiger partial charge in [-0.2, -0.15) is 0 Å². The molecule has 5 nitrogen and oxygen atoms in total. The molecule has 0 spiro atoms. The minimum absolute atomic E-state index is 0.0592. The maximum atomic E-state index is 10.6. The summed E-state index contributed by atoms with van der Waals surface area (Å²) in [5.41, 5.74) is 0.856. The highest BCUT2D eigenvalue weighted by atomic mass is 32.1. The number of carboxylic acid groups (broad SMARTS) is 1. The van der Waals surface area contributed by atoms with E-state index in [1.807, 2.05) is 13.0 Å². The fourth-order valence-electron chi connectivity index (χ4n) is 1.41. The average Bonchev–Trinajstić information content (AvgIpc) is 2.55. The predicted octanol–water partition coefficient (Wildman–Crippen LogP) is 1.52. The topological polar surface area (TPSA) is 66.3 Å². The van der Waals surface area contributed by atoms with Crippen LogP contribution in [0.4, 0.5) is 5.82 Å². The smallest absolute Gasteiger partial charge is 0.323 e. The highest BCUT2D eigenvalue weighted by Gasteiger charge is 2.09. The summed E-state index contributed by atoms with van der Waals surface area (Å²) in [5, 5.41) is 9.64. The number of carboxylic acids is 1. The lowest BCUT2D eigenvalue weighted by Crippen LogP contribution is -2.25. The molecular weight excluding hydrogens is 226 g/mol. The Morgan fingerprint density at radius 2 is 2.25 bits per heavy atom. The number of aromatic nitrogens is 2. The average molecular weight is 237 g/mol. The van der Waals surface area contributed by atoms with Crippen molar-refractivity contribution in [2.24, 2.45) is 0 Å². The van der Waals surface area contributed by atoms with Crippen LogP contribution in [0.2, 0.25) is 0 Å². The van der Waals surface area contributed by atoms with E-state index in [-0.39, 0.29) is 6.54 Å². The number of rotatable bonds is 3. The third-order valence-corrected chi connectivity index (χ3v) is 2.99. The molecular formula is C10H11N3O2S. The molecule has 2 aromatic heterocycles. The van der Waals surface area contributed by atoms with Crippen LogP contribution in [0.3, 0.4) is 0 Å². The molecule has 0 aliphatic carbocycles. The van der Waals surface area contributed by atoms with Crippen LogP contribution in [0.1, 0.15) is 5.01 Å². The van der Waals surface area contributed by atoms with Crippen LogP contribution in [0.15, 0.2) is 12.1 Å². The van der Waals surface area contributed by atoms with Crippen molar-refractivity contribution in [3.8, 4) is 0 Å². The van der Waals surface area contributed by atoms with E-state index < -0.39 is 5.97 Å². The number of nitrogens with zero attached hydrogens (tertiary/aromatic N) is 3. The molecule has 2 heterocycles. The summed E-state index contributed by atoms with van der Waals surface area (Å²) in [6, 6.07) is 3.64. The highest BCUT2D eigenvalue weighted by Crippen LogP contribution is 2.22. The summed E-state index contributed by atoms with van der Waals surface area (Å²) in [6.07, 6.45) is 0. The Hall–Kier alpha value is -1.69. The summed E-state index contributed by atoms with van der Waals surface area (Å²) < 4.78 is 0. The molecule has 2 aromatic rings. The van der Waals surface area contributed by atoms with Crippen LogP contribution in [0.25, 0.3) is 10.3 Å². The molecule has 6 heteroatoms. The zero-order valence-corrected chi connectivity index (χ0v) is 9.78. The molecule has 0 amide bonds. The highest BCUT2D eigenvalue weighted by molar-refractivity contribution is 7.18. The normalized spacial score (nSPS) is 10.6. The lowest BCUT2D eigenvalue weighted by Gasteiger charge is -2.14. The molecule has 0 radical (unpaired) electrons. The van der Waals surface area contributed by atoms with Gasteiger partial charge in [-0.05, 0) is 19.1 Å². The van der Waals surface area contributed by atoms with Crippen molar-refractivity contribution in [1.29, 1.82) is 0 Å². The maximum absolute atomic E-state index is 10.6. The Bertz CT molecular complexity index is 538. The van der Waals surface area contributed by atoms with Gasteiger partial charge < -0.3 is 10.0 Å². The molecule has 0 saturated carbocycles. The van der Waals surface area contributed by atoms with Gasteiger partial charge in [0.2, 0.25) is 0 Å². The molecule has 0 unspecified atom stereocenters. The van der Waals surface area contributed by atoms with Crippen LogP contribution < -0.4 is 4.90 Å². The summed E-state index contributed by atoms with van der Waals surface area (Å²) in [5.74, 6) is -0.219. The Balaban J connectivity index is 2.34. The third kappa shape index (κ3) is 2.11. The van der Waals surface area contributed by atoms with Gasteiger partial charge in [0.05, 0.1) is 5.01 Å². The molecule has 1 N–H and O–H groups in total. The van der Waals surface area contributed by atoms with Crippen molar-refractivity contribution in [2.75, 3.05) is 18.5 Å². The van der Waals surface area contributed by atoms with Gasteiger partial charge >= 0.3 is 5.97 Å². The molecule has 2 rings (SSSR count). The van der Waals surface area contributed by atoms with E-state index in [2.05, 4.69) is 9.97 Å². The second-order valence-electron chi connectivity index (χ2n) is 3.48. The zero-order valence-electron chi connectivity index (χ0n) is 8.97. The first-order chi connectivity index (χ1) is 7.56. The van der Waals surface area contributed by atoms with Gasteiger partial charge in [-0.1, -0.05) is 11.3 Å². The van der Waals surface area contributed by atoms with Gasteiger partial charge in [0.1, 0.15) is 22.7 Å². The number of aliphatic carboxylic acids is 1. The number of pyridine rings is 1. The van der Waals surface area contributed by atoms with Crippen molar-refractivity contribution in [3.05, 3.63) is 17.1 Å². The number of aryl methyl sites for hydroxylation is 1. The lowest BCUT2D eigenvalue weighted by atomic mass is 10.4. The third-order valence-electron chi connectivity index (χ3n) is 2.11. The van der Waals surface area contributed by atoms with E-state index >= 15 is 0 Å². The van der Waals surface area contributed by atoms with Gasteiger partial charge in [0, 0.05) is 7.05 Å². The fraction of sp³-hybridized carbons (Fsp3) is 0.300. The number of likely N-dealkylation sites (N-methyl/N-ethyl adjacent to an activating group) is 1. The maximum Gasteiger partial charge on any atom is 0.323 e. The van der Waals surface area contributed by atoms with Gasteiger partial charge in [-0.15, -0.1) is 0 Å². The molecule has 0 saturated heterocycles. The number of carbonyl (C=O) groups is 1. The number of hydrogen-bond donors (Lipinski definition) is 1. The van der Waals surface area contributed by atoms with Crippen molar-refractivity contribution >= 4 is 33.5 Å². The van der Waals surface area contributed by atoms with Crippen LogP contribution >= 0.6 is 11.3 Å². The first kappa shape index (κ1) is 10.8. The Kier molecular flexibility index (Phi) is 2.74. The van der Waals surface area contributed by atoms with Gasteiger partial charge in [-0.25, -0.2) is 9.97 Å². The van der Waals surface area contributed by atoms with Crippen molar-refractivity contribution in [1.82, 2.24) is 9.97 Å². The van der Waals surface area contributed by atoms with Gasteiger partial charge in [0.25, 0.3) is 0 Å². The number of hydrogen-bond acceptors (Lipinski definition) is 5. The standard InChI is InChI=1S/C10H11N3O2S/c1-6-11-7-3-4-8(12-10(7)16-6)13(2)5-9(14)15/h3-4H,5H2,1-2H3,(H,14,15). The Labute approximate surface area is 96.4 Å². The van der Waals surface area contributed by atoms with E-state index in [1.54, 1.807) is 18.0 Å². The van der Waals surface area contributed by atoms with E-state index in [1.165, 1.54) is 11.3 Å². The molecule has 0 aliphatic heterocycles. The van der Waals surface area contributed by atoms with Crippen molar-refractivity contribution < 1.29 is 9.90 Å². The molecule has 84 valence electrons. The SMILES string of the molecule is Cc1nc2ccc(N(C)CC(=O)O)nc2s1. The molecule has 0 fully saturated rings. The first-order valence-electron chi connectivity index (χ1n) is 4.73. The second-order valence-corrected chi connectivity index (χ2v) is 4.66. The van der Waals surface area contributed by atoms with Gasteiger partial charge in [0.15, 0.2) is 0 Å². The lowest BCUT2D eigenvalue weighted by molar-refractivity contribution is -0.135. The van der Waals surface area contributed by atoms with E-state index in [0.717, 1.165) is 15.4 Å². The van der Waals surface area contributed by atoms with Crippen LogP contribution in [0, 0.1) is 6.92 Å². The molecule has 0 bridgehead atoms. The van der Waals surface area contributed by atoms with E-state index in [4.69, 9.17) is 5.11 Å². The van der Waals surface area contributed by atoms with E-state index in [0.29, 0.717) is 5.82 Å². The first-order valence-corrected chi connectivity index (χ1v) is 5.55. The summed E-state index contributed by atoms with van der Waals surface area (Å²) >= 11 is 1.51. The van der Waals surface area contributed by atoms with Crippen molar-refractivity contribution in [2.45, 2.75) is 6.92 Å². The number of fused-ring (bicyclic) bond motifs is 1. The minimum atomic E-state index is -0.870. The van der Waals surface area contributed by atoms with Gasteiger partial charge in [-0.3, -0.25) is 4.79 Å². The van der Waals surface area contributed by atoms with Crippen molar-refractivity contribution in [3.63, 3.8) is 0 Å². The molecule has 0 aliphatic rings. The van der Waals surface area contributed by atoms with Crippen LogP contribution in [0.5, 0.6) is 0 Å². The second kappa shape index (κ2) is 4.05. The summed E-state index contributed by atoms with van der Waals surface area (Å²) in [7, 11) is 1.70. The molecule has 0 aromatic carbocycles. The summed E-state index contributed by atoms with van der Waals surface area (Å²) in [6.45, 7) is 1.86. The molecule has 0 atom stereocenters.